The number of aryl methyl sites for hydroxylation is 1. The predicted molar refractivity (Wildman–Crippen MR) is 97.3 cm³/mol. The fraction of sp³-hybridized carbons (Fsp3) is 0.400. The lowest BCUT2D eigenvalue weighted by Crippen LogP contribution is -2.16. The Bertz CT molecular complexity index is 761. The molecule has 2 aromatic rings. The first-order valence-corrected chi connectivity index (χ1v) is 8.36. The zero-order chi connectivity index (χ0) is 18.7. The Kier molecular flexibility index (Phi) is 5.30. The number of rotatable bonds is 6. The molecule has 1 unspecified atom stereocenters. The van der Waals surface area contributed by atoms with E-state index < -0.39 is 0 Å². The van der Waals surface area contributed by atoms with Crippen LogP contribution >= 0.6 is 0 Å². The molecule has 0 saturated carbocycles. The lowest BCUT2D eigenvalue weighted by molar-refractivity contribution is 0.174. The zero-order valence-corrected chi connectivity index (χ0v) is 15.8. The number of hydrogen-bond acceptors (Lipinski definition) is 6. The van der Waals surface area contributed by atoms with E-state index >= 15 is 0 Å². The lowest BCUT2D eigenvalue weighted by atomic mass is 9.96. The predicted octanol–water partition coefficient (Wildman–Crippen LogP) is 3.80. The van der Waals surface area contributed by atoms with E-state index in [1.54, 1.807) is 35.5 Å². The van der Waals surface area contributed by atoms with Gasteiger partial charge in [0.1, 0.15) is 11.9 Å². The minimum Gasteiger partial charge on any atom is -0.493 e. The normalized spacial score (nSPS) is 15.5. The molecule has 26 heavy (non-hydrogen) atoms. The van der Waals surface area contributed by atoms with E-state index in [2.05, 4.69) is 0 Å². The molecule has 1 heterocycles. The first-order valence-electron chi connectivity index (χ1n) is 8.36. The summed E-state index contributed by atoms with van der Waals surface area (Å²) in [6.45, 7) is 0. The molecule has 0 N–H and O–H groups in total. The summed E-state index contributed by atoms with van der Waals surface area (Å²) in [4.78, 5) is 0. The van der Waals surface area contributed by atoms with Crippen LogP contribution in [-0.2, 0) is 6.42 Å². The molecule has 0 fully saturated rings. The van der Waals surface area contributed by atoms with E-state index in [0.29, 0.717) is 28.7 Å². The van der Waals surface area contributed by atoms with Crippen molar-refractivity contribution < 1.29 is 28.4 Å². The molecule has 3 rings (SSSR count). The first kappa shape index (κ1) is 18.0. The van der Waals surface area contributed by atoms with E-state index in [4.69, 9.17) is 28.4 Å². The topological polar surface area (TPSA) is 55.4 Å². The highest BCUT2D eigenvalue weighted by atomic mass is 16.5. The van der Waals surface area contributed by atoms with Gasteiger partial charge >= 0.3 is 0 Å². The van der Waals surface area contributed by atoms with Crippen LogP contribution < -0.4 is 28.4 Å². The van der Waals surface area contributed by atoms with Crippen molar-refractivity contribution in [1.82, 2.24) is 0 Å². The first-order chi connectivity index (χ1) is 12.6. The van der Waals surface area contributed by atoms with Crippen LogP contribution in [0.2, 0.25) is 0 Å². The third-order valence-corrected chi connectivity index (χ3v) is 4.57. The van der Waals surface area contributed by atoms with Crippen molar-refractivity contribution in [2.45, 2.75) is 18.9 Å². The Morgan fingerprint density at radius 1 is 0.731 bits per heavy atom. The summed E-state index contributed by atoms with van der Waals surface area (Å²) >= 11 is 0. The molecule has 0 radical (unpaired) electrons. The maximum Gasteiger partial charge on any atom is 0.203 e. The molecule has 0 saturated heterocycles. The minimum absolute atomic E-state index is 0.116. The largest absolute Gasteiger partial charge is 0.493 e. The van der Waals surface area contributed by atoms with Crippen molar-refractivity contribution in [2.75, 3.05) is 35.5 Å². The molecule has 1 aliphatic rings. The van der Waals surface area contributed by atoms with Crippen molar-refractivity contribution in [3.63, 3.8) is 0 Å². The van der Waals surface area contributed by atoms with Crippen molar-refractivity contribution in [3.8, 4) is 34.5 Å². The van der Waals surface area contributed by atoms with Gasteiger partial charge in [0, 0.05) is 6.07 Å². The number of benzene rings is 2. The highest BCUT2D eigenvalue weighted by Crippen LogP contribution is 2.45. The highest BCUT2D eigenvalue weighted by molar-refractivity contribution is 5.55. The standard InChI is InChI=1S/C20H24O6/c1-21-16-8-12-6-7-14(26-15(12)11-17(16)22-2)13-9-18(23-3)20(25-5)19(10-13)24-4/h8-11,14H,6-7H2,1-5H3. The van der Waals surface area contributed by atoms with E-state index in [0.717, 1.165) is 29.7 Å². The van der Waals surface area contributed by atoms with Crippen LogP contribution in [0.4, 0.5) is 0 Å². The minimum atomic E-state index is -0.116. The summed E-state index contributed by atoms with van der Waals surface area (Å²) in [5, 5.41) is 0. The van der Waals surface area contributed by atoms with Gasteiger partial charge in [-0.25, -0.2) is 0 Å². The highest BCUT2D eigenvalue weighted by Gasteiger charge is 2.26. The van der Waals surface area contributed by atoms with Crippen LogP contribution in [0.5, 0.6) is 34.5 Å². The second-order valence-corrected chi connectivity index (χ2v) is 5.92. The molecule has 0 aromatic heterocycles. The van der Waals surface area contributed by atoms with Crippen LogP contribution in [0.1, 0.15) is 23.7 Å². The average Bonchev–Trinajstić information content (AvgIpc) is 2.70. The summed E-state index contributed by atoms with van der Waals surface area (Å²) < 4.78 is 33.3. The maximum absolute atomic E-state index is 6.24. The molecule has 2 aromatic carbocycles. The van der Waals surface area contributed by atoms with Gasteiger partial charge in [0.05, 0.1) is 35.5 Å². The summed E-state index contributed by atoms with van der Waals surface area (Å²) in [6.07, 6.45) is 1.59. The second-order valence-electron chi connectivity index (χ2n) is 5.92. The van der Waals surface area contributed by atoms with Crippen LogP contribution in [0.15, 0.2) is 24.3 Å². The van der Waals surface area contributed by atoms with Crippen molar-refractivity contribution in [1.29, 1.82) is 0 Å². The number of hydrogen-bond donors (Lipinski definition) is 0. The van der Waals surface area contributed by atoms with Gasteiger partial charge < -0.3 is 28.4 Å². The molecule has 6 heteroatoms. The van der Waals surface area contributed by atoms with Crippen LogP contribution in [0, 0.1) is 0 Å². The van der Waals surface area contributed by atoms with E-state index in [-0.39, 0.29) is 6.10 Å². The fourth-order valence-electron chi connectivity index (χ4n) is 3.23. The monoisotopic (exact) mass is 360 g/mol. The van der Waals surface area contributed by atoms with Crippen molar-refractivity contribution >= 4 is 0 Å². The SMILES string of the molecule is COc1cc2c(cc1OC)OC(c1cc(OC)c(OC)c(OC)c1)CC2. The smallest absolute Gasteiger partial charge is 0.203 e. The second kappa shape index (κ2) is 7.64. The average molecular weight is 360 g/mol. The third kappa shape index (κ3) is 3.19. The molecular weight excluding hydrogens is 336 g/mol. The summed E-state index contributed by atoms with van der Waals surface area (Å²) in [7, 11) is 8.05. The molecule has 0 bridgehead atoms. The third-order valence-electron chi connectivity index (χ3n) is 4.57. The number of methoxy groups -OCH3 is 5. The van der Waals surface area contributed by atoms with Gasteiger partial charge in [-0.15, -0.1) is 0 Å². The molecule has 1 atom stereocenters. The van der Waals surface area contributed by atoms with Gasteiger partial charge in [-0.3, -0.25) is 0 Å². The number of ether oxygens (including phenoxy) is 6. The van der Waals surface area contributed by atoms with Crippen LogP contribution in [0.3, 0.4) is 0 Å². The van der Waals surface area contributed by atoms with Gasteiger partial charge in [0.2, 0.25) is 5.75 Å². The van der Waals surface area contributed by atoms with Gasteiger partial charge in [0.15, 0.2) is 23.0 Å². The molecule has 0 spiro atoms. The van der Waals surface area contributed by atoms with Crippen molar-refractivity contribution in [3.05, 3.63) is 35.4 Å². The molecule has 0 aliphatic carbocycles. The molecular formula is C20H24O6. The quantitative estimate of drug-likeness (QED) is 0.781. The molecule has 0 amide bonds. The maximum atomic E-state index is 6.24. The van der Waals surface area contributed by atoms with E-state index in [1.165, 1.54) is 0 Å². The fourth-order valence-corrected chi connectivity index (χ4v) is 3.23. The Morgan fingerprint density at radius 3 is 1.85 bits per heavy atom. The zero-order valence-electron chi connectivity index (χ0n) is 15.8. The molecule has 1 aliphatic heterocycles. The van der Waals surface area contributed by atoms with Gasteiger partial charge in [-0.1, -0.05) is 0 Å². The lowest BCUT2D eigenvalue weighted by Gasteiger charge is -2.28. The Hall–Kier alpha value is -2.76. The van der Waals surface area contributed by atoms with E-state index in [9.17, 15) is 0 Å². The number of fused-ring (bicyclic) bond motifs is 1. The Morgan fingerprint density at radius 2 is 1.31 bits per heavy atom. The molecule has 140 valence electrons. The van der Waals surface area contributed by atoms with Crippen LogP contribution in [-0.4, -0.2) is 35.5 Å². The summed E-state index contributed by atoms with van der Waals surface area (Å²) in [5.41, 5.74) is 2.08. The van der Waals surface area contributed by atoms with Gasteiger partial charge in [-0.2, -0.15) is 0 Å². The van der Waals surface area contributed by atoms with Gasteiger partial charge in [-0.05, 0) is 42.2 Å². The van der Waals surface area contributed by atoms with Gasteiger partial charge in [0.25, 0.3) is 0 Å². The van der Waals surface area contributed by atoms with Crippen molar-refractivity contribution in [2.24, 2.45) is 0 Å². The molecule has 6 nitrogen and oxygen atoms in total. The Labute approximate surface area is 153 Å². The Balaban J connectivity index is 1.96. The van der Waals surface area contributed by atoms with E-state index in [1.807, 2.05) is 24.3 Å². The summed E-state index contributed by atoms with van der Waals surface area (Å²) in [5.74, 6) is 3.96. The summed E-state index contributed by atoms with van der Waals surface area (Å²) in [6, 6.07) is 7.70. The van der Waals surface area contributed by atoms with Crippen LogP contribution in [0.25, 0.3) is 0 Å².